The molecule has 0 aliphatic carbocycles. The molecule has 0 radical (unpaired) electrons. The van der Waals surface area contributed by atoms with Crippen LogP contribution in [-0.4, -0.2) is 45.2 Å². The monoisotopic (exact) mass is 462 g/mol. The average Bonchev–Trinajstić information content (AvgIpc) is 3.19. The molecule has 3 rings (SSSR count). The van der Waals surface area contributed by atoms with E-state index in [9.17, 15) is 4.79 Å². The molecular weight excluding hydrogens is 436 g/mol. The Hall–Kier alpha value is -2.25. The highest BCUT2D eigenvalue weighted by atomic mass is 79.9. The van der Waals surface area contributed by atoms with Gasteiger partial charge in [0.2, 0.25) is 5.91 Å². The van der Waals surface area contributed by atoms with Crippen LogP contribution in [0.25, 0.3) is 0 Å². The number of nitrogens with zero attached hydrogens (tertiary/aromatic N) is 1. The number of carbonyl (C=O) groups excluding carboxylic acids is 1. The van der Waals surface area contributed by atoms with E-state index in [2.05, 4.69) is 38.3 Å². The van der Waals surface area contributed by atoms with Crippen molar-refractivity contribution >= 4 is 21.8 Å². The zero-order chi connectivity index (χ0) is 20.8. The van der Waals surface area contributed by atoms with Crippen LogP contribution in [0.4, 0.5) is 0 Å². The van der Waals surface area contributed by atoms with Gasteiger partial charge in [-0.2, -0.15) is 0 Å². The van der Waals surface area contributed by atoms with Gasteiger partial charge in [-0.1, -0.05) is 28.1 Å². The number of benzene rings is 2. The first-order valence-corrected chi connectivity index (χ1v) is 10.4. The topological polar surface area (TPSA) is 60.0 Å². The lowest BCUT2D eigenvalue weighted by Gasteiger charge is -2.24. The van der Waals surface area contributed by atoms with Gasteiger partial charge in [0.1, 0.15) is 5.75 Å². The summed E-state index contributed by atoms with van der Waals surface area (Å²) in [5.74, 6) is 1.83. The molecule has 0 saturated carbocycles. The molecule has 7 heteroatoms. The van der Waals surface area contributed by atoms with Crippen LogP contribution in [0, 0.1) is 0 Å². The van der Waals surface area contributed by atoms with Crippen LogP contribution in [-0.2, 0) is 11.3 Å². The second kappa shape index (κ2) is 9.98. The maximum Gasteiger partial charge on any atom is 0.234 e. The van der Waals surface area contributed by atoms with Crippen molar-refractivity contribution in [2.45, 2.75) is 25.4 Å². The molecule has 1 atom stereocenters. The van der Waals surface area contributed by atoms with Crippen LogP contribution in [0.15, 0.2) is 40.9 Å². The van der Waals surface area contributed by atoms with E-state index in [-0.39, 0.29) is 11.9 Å². The molecule has 1 N–H and O–H groups in total. The largest absolute Gasteiger partial charge is 0.496 e. The molecule has 1 aliphatic rings. The fraction of sp³-hybridized carbons (Fsp3) is 0.409. The Balaban J connectivity index is 1.64. The molecule has 1 heterocycles. The van der Waals surface area contributed by atoms with Crippen LogP contribution in [0.5, 0.6) is 17.2 Å². The van der Waals surface area contributed by atoms with Crippen molar-refractivity contribution in [3.8, 4) is 17.2 Å². The molecule has 1 unspecified atom stereocenters. The minimum atomic E-state index is -0.0104. The van der Waals surface area contributed by atoms with E-state index in [0.29, 0.717) is 30.3 Å². The number of hydrogen-bond acceptors (Lipinski definition) is 5. The lowest BCUT2D eigenvalue weighted by molar-refractivity contribution is -0.122. The van der Waals surface area contributed by atoms with Crippen molar-refractivity contribution in [3.05, 3.63) is 52.0 Å². The Morgan fingerprint density at radius 3 is 2.52 bits per heavy atom. The highest BCUT2D eigenvalue weighted by molar-refractivity contribution is 9.10. The summed E-state index contributed by atoms with van der Waals surface area (Å²) < 4.78 is 17.2. The van der Waals surface area contributed by atoms with Gasteiger partial charge in [-0.3, -0.25) is 9.69 Å². The first-order valence-electron chi connectivity index (χ1n) is 9.60. The summed E-state index contributed by atoms with van der Waals surface area (Å²) in [4.78, 5) is 14.9. The number of rotatable bonds is 8. The third-order valence-corrected chi connectivity index (χ3v) is 5.70. The number of halogens is 1. The van der Waals surface area contributed by atoms with Crippen molar-refractivity contribution in [2.24, 2.45) is 0 Å². The summed E-state index contributed by atoms with van der Waals surface area (Å²) >= 11 is 3.54. The van der Waals surface area contributed by atoms with Gasteiger partial charge in [0.15, 0.2) is 11.5 Å². The second-order valence-corrected chi connectivity index (χ2v) is 7.89. The predicted octanol–water partition coefficient (Wildman–Crippen LogP) is 3.93. The zero-order valence-electron chi connectivity index (χ0n) is 17.0. The first-order chi connectivity index (χ1) is 14.0. The molecule has 156 valence electrons. The number of carbonyl (C=O) groups is 1. The fourth-order valence-electron chi connectivity index (χ4n) is 3.77. The molecule has 1 aliphatic heterocycles. The Labute approximate surface area is 180 Å². The van der Waals surface area contributed by atoms with Gasteiger partial charge in [-0.05, 0) is 43.1 Å². The van der Waals surface area contributed by atoms with Gasteiger partial charge in [-0.15, -0.1) is 0 Å². The molecule has 0 spiro atoms. The van der Waals surface area contributed by atoms with Crippen molar-refractivity contribution < 1.29 is 19.0 Å². The Morgan fingerprint density at radius 1 is 1.10 bits per heavy atom. The number of likely N-dealkylation sites (tertiary alicyclic amines) is 1. The van der Waals surface area contributed by atoms with Gasteiger partial charge in [0, 0.05) is 28.7 Å². The Morgan fingerprint density at radius 2 is 1.83 bits per heavy atom. The Bertz CT molecular complexity index is 859. The van der Waals surface area contributed by atoms with Crippen molar-refractivity contribution in [3.63, 3.8) is 0 Å². The van der Waals surface area contributed by atoms with Gasteiger partial charge in [0.05, 0.1) is 27.9 Å². The van der Waals surface area contributed by atoms with Crippen LogP contribution in [0.1, 0.15) is 30.0 Å². The second-order valence-electron chi connectivity index (χ2n) is 6.98. The van der Waals surface area contributed by atoms with Crippen LogP contribution in [0.2, 0.25) is 0 Å². The van der Waals surface area contributed by atoms with E-state index in [1.54, 1.807) is 27.4 Å². The maximum absolute atomic E-state index is 12.6. The normalized spacial score (nSPS) is 16.5. The van der Waals surface area contributed by atoms with Gasteiger partial charge in [0.25, 0.3) is 0 Å². The smallest absolute Gasteiger partial charge is 0.234 e. The standard InChI is InChI=1S/C22H27BrN2O4/c1-27-19-12-21(29-3)20(28-2)11-16(19)13-24-22(26)14-25-9-5-8-18(25)15-6-4-7-17(23)10-15/h4,6-7,10-12,18H,5,8-9,13-14H2,1-3H3,(H,24,26). The van der Waals surface area contributed by atoms with E-state index in [1.165, 1.54) is 5.56 Å². The first kappa shape index (κ1) is 21.5. The van der Waals surface area contributed by atoms with Crippen LogP contribution < -0.4 is 19.5 Å². The van der Waals surface area contributed by atoms with E-state index >= 15 is 0 Å². The summed E-state index contributed by atoms with van der Waals surface area (Å²) in [5.41, 5.74) is 2.08. The Kier molecular flexibility index (Phi) is 7.39. The van der Waals surface area contributed by atoms with E-state index in [1.807, 2.05) is 18.2 Å². The average molecular weight is 463 g/mol. The van der Waals surface area contributed by atoms with E-state index < -0.39 is 0 Å². The van der Waals surface area contributed by atoms with E-state index in [4.69, 9.17) is 14.2 Å². The summed E-state index contributed by atoms with van der Waals surface area (Å²) in [6, 6.07) is 12.2. The molecule has 1 saturated heterocycles. The third kappa shape index (κ3) is 5.22. The number of hydrogen-bond donors (Lipinski definition) is 1. The molecule has 0 bridgehead atoms. The summed E-state index contributed by atoms with van der Waals surface area (Å²) in [6.07, 6.45) is 2.15. The lowest BCUT2D eigenvalue weighted by Crippen LogP contribution is -2.36. The molecule has 6 nitrogen and oxygen atoms in total. The van der Waals surface area contributed by atoms with Gasteiger partial charge in [-0.25, -0.2) is 0 Å². The van der Waals surface area contributed by atoms with Crippen molar-refractivity contribution in [1.29, 1.82) is 0 Å². The quantitative estimate of drug-likeness (QED) is 0.643. The highest BCUT2D eigenvalue weighted by Gasteiger charge is 2.27. The summed E-state index contributed by atoms with van der Waals surface area (Å²) in [6.45, 7) is 1.65. The zero-order valence-corrected chi connectivity index (χ0v) is 18.6. The molecule has 0 aromatic heterocycles. The fourth-order valence-corrected chi connectivity index (χ4v) is 4.19. The van der Waals surface area contributed by atoms with Crippen LogP contribution in [0.3, 0.4) is 0 Å². The number of ether oxygens (including phenoxy) is 3. The molecule has 2 aromatic carbocycles. The number of amides is 1. The molecule has 2 aromatic rings. The molecule has 1 fully saturated rings. The van der Waals surface area contributed by atoms with Crippen molar-refractivity contribution in [1.82, 2.24) is 10.2 Å². The van der Waals surface area contributed by atoms with Crippen LogP contribution >= 0.6 is 15.9 Å². The lowest BCUT2D eigenvalue weighted by atomic mass is 10.0. The SMILES string of the molecule is COc1cc(OC)c(OC)cc1CNC(=O)CN1CCCC1c1cccc(Br)c1. The third-order valence-electron chi connectivity index (χ3n) is 5.21. The minimum Gasteiger partial charge on any atom is -0.496 e. The van der Waals surface area contributed by atoms with Gasteiger partial charge < -0.3 is 19.5 Å². The minimum absolute atomic E-state index is 0.0104. The molecule has 29 heavy (non-hydrogen) atoms. The predicted molar refractivity (Wildman–Crippen MR) is 116 cm³/mol. The summed E-state index contributed by atoms with van der Waals surface area (Å²) in [7, 11) is 4.76. The maximum atomic E-state index is 12.6. The number of methoxy groups -OCH3 is 3. The molecular formula is C22H27BrN2O4. The number of nitrogens with one attached hydrogen (secondary N) is 1. The van der Waals surface area contributed by atoms with Gasteiger partial charge >= 0.3 is 0 Å². The molecule has 1 amide bonds. The highest BCUT2D eigenvalue weighted by Crippen LogP contribution is 2.35. The van der Waals surface area contributed by atoms with E-state index in [0.717, 1.165) is 29.4 Å². The summed E-state index contributed by atoms with van der Waals surface area (Å²) in [5, 5.41) is 3.01. The van der Waals surface area contributed by atoms with Crippen molar-refractivity contribution in [2.75, 3.05) is 34.4 Å².